The average Bonchev–Trinajstić information content (AvgIpc) is 2.24. The molecule has 0 saturated carbocycles. The molecule has 0 heterocycles. The Bertz CT molecular complexity index is 580. The van der Waals surface area contributed by atoms with Crippen molar-refractivity contribution >= 4 is 27.2 Å². The number of nitrogens with two attached hydrogens (primary N) is 1. The Balaban J connectivity index is 3.14. The van der Waals surface area contributed by atoms with Crippen LogP contribution >= 0.6 is 12.2 Å². The van der Waals surface area contributed by atoms with Crippen molar-refractivity contribution in [2.45, 2.75) is 38.6 Å². The van der Waals surface area contributed by atoms with Gasteiger partial charge in [-0.2, -0.15) is 0 Å². The Labute approximate surface area is 120 Å². The summed E-state index contributed by atoms with van der Waals surface area (Å²) in [5.41, 5.74) is 7.32. The van der Waals surface area contributed by atoms with E-state index in [1.807, 2.05) is 26.8 Å². The Morgan fingerprint density at radius 3 is 2.32 bits per heavy atom. The summed E-state index contributed by atoms with van der Waals surface area (Å²) in [7, 11) is -3.61. The fourth-order valence-corrected chi connectivity index (χ4v) is 3.85. The number of benzene rings is 1. The van der Waals surface area contributed by atoms with Gasteiger partial charge in [0.1, 0.15) is 0 Å². The Kier molecular flexibility index (Phi) is 5.06. The third-order valence-electron chi connectivity index (χ3n) is 2.88. The first-order chi connectivity index (χ1) is 8.65. The number of aryl methyl sites for hydroxylation is 2. The highest BCUT2D eigenvalue weighted by Gasteiger charge is 2.25. The van der Waals surface area contributed by atoms with Crippen LogP contribution in [0, 0.1) is 19.8 Å². The standard InChI is InChI=1S/C13H20N2O2S2/c1-8(2)12(13(14)18)15-19(16,17)11-6-5-9(3)7-10(11)4/h5-8,12,15H,1-4H3,(H2,14,18). The zero-order valence-corrected chi connectivity index (χ0v) is 13.2. The van der Waals surface area contributed by atoms with Crippen molar-refractivity contribution in [2.75, 3.05) is 0 Å². The van der Waals surface area contributed by atoms with Crippen LogP contribution in [-0.4, -0.2) is 19.4 Å². The first-order valence-electron chi connectivity index (χ1n) is 6.04. The molecule has 1 rings (SSSR count). The molecule has 19 heavy (non-hydrogen) atoms. The highest BCUT2D eigenvalue weighted by molar-refractivity contribution is 7.89. The lowest BCUT2D eigenvalue weighted by Crippen LogP contribution is -2.46. The van der Waals surface area contributed by atoms with Crippen molar-refractivity contribution in [3.8, 4) is 0 Å². The molecule has 0 bridgehead atoms. The number of rotatable bonds is 5. The van der Waals surface area contributed by atoms with Crippen LogP contribution in [0.1, 0.15) is 25.0 Å². The van der Waals surface area contributed by atoms with Crippen LogP contribution in [0.25, 0.3) is 0 Å². The molecule has 4 nitrogen and oxygen atoms in total. The summed E-state index contributed by atoms with van der Waals surface area (Å²) in [4.78, 5) is 0.420. The Morgan fingerprint density at radius 1 is 1.32 bits per heavy atom. The fraction of sp³-hybridized carbons (Fsp3) is 0.462. The number of hydrogen-bond acceptors (Lipinski definition) is 3. The second kappa shape index (κ2) is 5.98. The van der Waals surface area contributed by atoms with Crippen LogP contribution < -0.4 is 10.5 Å². The summed E-state index contributed by atoms with van der Waals surface area (Å²) in [6.07, 6.45) is 0. The number of sulfonamides is 1. The second-order valence-electron chi connectivity index (χ2n) is 5.01. The Hall–Kier alpha value is -0.980. The van der Waals surface area contributed by atoms with Gasteiger partial charge in [-0.15, -0.1) is 0 Å². The third kappa shape index (κ3) is 3.99. The topological polar surface area (TPSA) is 72.2 Å². The molecule has 0 aliphatic heterocycles. The van der Waals surface area contributed by atoms with Gasteiger partial charge in [0.05, 0.1) is 15.9 Å². The molecule has 1 atom stereocenters. The van der Waals surface area contributed by atoms with E-state index in [0.717, 1.165) is 5.56 Å². The molecule has 3 N–H and O–H groups in total. The van der Waals surface area contributed by atoms with Gasteiger partial charge in [0.25, 0.3) is 0 Å². The minimum Gasteiger partial charge on any atom is -0.392 e. The quantitative estimate of drug-likeness (QED) is 0.815. The van der Waals surface area contributed by atoms with Gasteiger partial charge in [0.2, 0.25) is 10.0 Å². The van der Waals surface area contributed by atoms with Crippen molar-refractivity contribution < 1.29 is 8.42 Å². The highest BCUT2D eigenvalue weighted by Crippen LogP contribution is 2.17. The van der Waals surface area contributed by atoms with E-state index in [2.05, 4.69) is 4.72 Å². The van der Waals surface area contributed by atoms with E-state index in [0.29, 0.717) is 5.56 Å². The van der Waals surface area contributed by atoms with Crippen molar-refractivity contribution in [1.82, 2.24) is 4.72 Å². The van der Waals surface area contributed by atoms with Crippen molar-refractivity contribution in [3.05, 3.63) is 29.3 Å². The third-order valence-corrected chi connectivity index (χ3v) is 4.73. The highest BCUT2D eigenvalue weighted by atomic mass is 32.2. The monoisotopic (exact) mass is 300 g/mol. The van der Waals surface area contributed by atoms with E-state index in [1.165, 1.54) is 0 Å². The molecule has 106 valence electrons. The molecule has 0 fully saturated rings. The smallest absolute Gasteiger partial charge is 0.241 e. The summed E-state index contributed by atoms with van der Waals surface area (Å²) in [5, 5.41) is 0. The number of nitrogens with one attached hydrogen (secondary N) is 1. The fourth-order valence-electron chi connectivity index (χ4n) is 1.85. The SMILES string of the molecule is Cc1ccc(S(=O)(=O)NC(C(N)=S)C(C)C)c(C)c1. The van der Waals surface area contributed by atoms with Gasteiger partial charge >= 0.3 is 0 Å². The molecular formula is C13H20N2O2S2. The number of thiocarbonyl (C=S) groups is 1. The van der Waals surface area contributed by atoms with Crippen molar-refractivity contribution in [1.29, 1.82) is 0 Å². The predicted octanol–water partition coefficient (Wildman–Crippen LogP) is 1.89. The molecule has 0 aromatic heterocycles. The molecule has 0 saturated heterocycles. The van der Waals surface area contributed by atoms with Gasteiger partial charge in [-0.05, 0) is 31.4 Å². The lowest BCUT2D eigenvalue weighted by atomic mass is 10.1. The minimum atomic E-state index is -3.61. The molecule has 0 radical (unpaired) electrons. The molecule has 0 aliphatic carbocycles. The summed E-state index contributed by atoms with van der Waals surface area (Å²) in [5.74, 6) is -0.00182. The van der Waals surface area contributed by atoms with Gasteiger partial charge in [0, 0.05) is 0 Å². The maximum Gasteiger partial charge on any atom is 0.241 e. The van der Waals surface area contributed by atoms with E-state index in [4.69, 9.17) is 18.0 Å². The molecule has 6 heteroatoms. The van der Waals surface area contributed by atoms with E-state index in [-0.39, 0.29) is 15.8 Å². The molecule has 0 amide bonds. The summed E-state index contributed by atoms with van der Waals surface area (Å²) < 4.78 is 27.3. The lowest BCUT2D eigenvalue weighted by Gasteiger charge is -2.21. The lowest BCUT2D eigenvalue weighted by molar-refractivity contribution is 0.526. The van der Waals surface area contributed by atoms with Crippen LogP contribution in [-0.2, 0) is 10.0 Å². The van der Waals surface area contributed by atoms with Gasteiger partial charge in [-0.1, -0.05) is 43.8 Å². The summed E-state index contributed by atoms with van der Waals surface area (Å²) in [6, 6.07) is 4.66. The largest absolute Gasteiger partial charge is 0.392 e. The van der Waals surface area contributed by atoms with Crippen LogP contribution in [0.3, 0.4) is 0 Å². The zero-order chi connectivity index (χ0) is 14.8. The molecule has 1 unspecified atom stereocenters. The van der Waals surface area contributed by atoms with Crippen LogP contribution in [0.5, 0.6) is 0 Å². The first kappa shape index (κ1) is 16.1. The normalized spacial score (nSPS) is 13.5. The van der Waals surface area contributed by atoms with E-state index < -0.39 is 16.1 Å². The van der Waals surface area contributed by atoms with Crippen LogP contribution in [0.4, 0.5) is 0 Å². The zero-order valence-electron chi connectivity index (χ0n) is 11.6. The Morgan fingerprint density at radius 2 is 1.89 bits per heavy atom. The molecule has 1 aromatic carbocycles. The van der Waals surface area contributed by atoms with Gasteiger partial charge in [-0.25, -0.2) is 13.1 Å². The van der Waals surface area contributed by atoms with E-state index >= 15 is 0 Å². The van der Waals surface area contributed by atoms with Crippen LogP contribution in [0.15, 0.2) is 23.1 Å². The predicted molar refractivity (Wildman–Crippen MR) is 81.6 cm³/mol. The van der Waals surface area contributed by atoms with Crippen molar-refractivity contribution in [3.63, 3.8) is 0 Å². The maximum absolute atomic E-state index is 12.4. The molecule has 0 spiro atoms. The average molecular weight is 300 g/mol. The minimum absolute atomic E-state index is 0.00182. The van der Waals surface area contributed by atoms with Gasteiger partial charge in [-0.3, -0.25) is 0 Å². The van der Waals surface area contributed by atoms with E-state index in [1.54, 1.807) is 19.1 Å². The van der Waals surface area contributed by atoms with Crippen LogP contribution in [0.2, 0.25) is 0 Å². The molecule has 1 aromatic rings. The van der Waals surface area contributed by atoms with E-state index in [9.17, 15) is 8.42 Å². The molecule has 0 aliphatic rings. The summed E-state index contributed by atoms with van der Waals surface area (Å²) >= 11 is 4.92. The van der Waals surface area contributed by atoms with Gasteiger partial charge < -0.3 is 5.73 Å². The second-order valence-corrected chi connectivity index (χ2v) is 7.17. The van der Waals surface area contributed by atoms with Gasteiger partial charge in [0.15, 0.2) is 0 Å². The van der Waals surface area contributed by atoms with Crippen molar-refractivity contribution in [2.24, 2.45) is 11.7 Å². The maximum atomic E-state index is 12.4. The first-order valence-corrected chi connectivity index (χ1v) is 7.93. The summed E-state index contributed by atoms with van der Waals surface area (Å²) in [6.45, 7) is 7.43. The molecular weight excluding hydrogens is 280 g/mol. The number of hydrogen-bond donors (Lipinski definition) is 2.